The van der Waals surface area contributed by atoms with Gasteiger partial charge in [-0.15, -0.1) is 0 Å². The van der Waals surface area contributed by atoms with Crippen LogP contribution in [0.1, 0.15) is 17.5 Å². The van der Waals surface area contributed by atoms with Gasteiger partial charge in [-0.3, -0.25) is 0 Å². The maximum Gasteiger partial charge on any atom is -0.00836 e. The molecule has 0 fully saturated rings. The third-order valence-corrected chi connectivity index (χ3v) is 6.62. The molecular formula is C19H19P. The van der Waals surface area contributed by atoms with Gasteiger partial charge < -0.3 is 0 Å². The molecule has 0 radical (unpaired) electrons. The molecule has 1 aliphatic rings. The van der Waals surface area contributed by atoms with Crippen molar-refractivity contribution in [3.8, 4) is 0 Å². The van der Waals surface area contributed by atoms with Crippen LogP contribution in [0.2, 0.25) is 0 Å². The molecule has 0 atom stereocenters. The van der Waals surface area contributed by atoms with Gasteiger partial charge in [-0.25, -0.2) is 0 Å². The van der Waals surface area contributed by atoms with E-state index in [-0.39, 0.29) is 0 Å². The summed E-state index contributed by atoms with van der Waals surface area (Å²) in [6, 6.07) is 17.6. The van der Waals surface area contributed by atoms with Crippen LogP contribution < -0.4 is 10.6 Å². The van der Waals surface area contributed by atoms with Crippen molar-refractivity contribution in [3.63, 3.8) is 0 Å². The van der Waals surface area contributed by atoms with Crippen LogP contribution >= 0.6 is 7.92 Å². The second-order valence-electron chi connectivity index (χ2n) is 5.20. The number of rotatable bonds is 3. The molecule has 100 valence electrons. The Balaban J connectivity index is 2.15. The van der Waals surface area contributed by atoms with Gasteiger partial charge in [0.25, 0.3) is 0 Å². The van der Waals surface area contributed by atoms with Crippen LogP contribution in [0.5, 0.6) is 0 Å². The molecule has 0 aromatic heterocycles. The Morgan fingerprint density at radius 3 is 1.80 bits per heavy atom. The van der Waals surface area contributed by atoms with E-state index in [9.17, 15) is 0 Å². The molecule has 0 spiro atoms. The molecule has 2 aromatic rings. The number of hydrogen-bond donors (Lipinski definition) is 0. The molecule has 0 saturated carbocycles. The fourth-order valence-electron chi connectivity index (χ4n) is 2.67. The minimum absolute atomic E-state index is 0.395. The second-order valence-corrected chi connectivity index (χ2v) is 7.41. The fraction of sp³-hybridized carbons (Fsp3) is 0.158. The summed E-state index contributed by atoms with van der Waals surface area (Å²) in [5.41, 5.74) is 2.80. The molecule has 0 N–H and O–H groups in total. The van der Waals surface area contributed by atoms with E-state index in [2.05, 4.69) is 80.6 Å². The Labute approximate surface area is 122 Å². The lowest BCUT2D eigenvalue weighted by molar-refractivity contribution is 1.40. The Hall–Kier alpha value is -1.65. The van der Waals surface area contributed by atoms with Gasteiger partial charge in [0.15, 0.2) is 0 Å². The number of benzene rings is 2. The Bertz CT molecular complexity index is 634. The number of allylic oxidation sites excluding steroid dienone is 4. The lowest BCUT2D eigenvalue weighted by Gasteiger charge is -2.23. The zero-order valence-corrected chi connectivity index (χ0v) is 12.9. The summed E-state index contributed by atoms with van der Waals surface area (Å²) in [5, 5.41) is 4.54. The van der Waals surface area contributed by atoms with Crippen molar-refractivity contribution < 1.29 is 0 Å². The second kappa shape index (κ2) is 5.77. The smallest absolute Gasteiger partial charge is 0.00836 e. The molecule has 0 bridgehead atoms. The van der Waals surface area contributed by atoms with E-state index in [0.717, 1.165) is 6.42 Å². The third kappa shape index (κ3) is 2.49. The van der Waals surface area contributed by atoms with Crippen LogP contribution in [0.3, 0.4) is 0 Å². The zero-order chi connectivity index (χ0) is 13.9. The quantitative estimate of drug-likeness (QED) is 0.721. The third-order valence-electron chi connectivity index (χ3n) is 3.75. The zero-order valence-electron chi connectivity index (χ0n) is 12.0. The molecule has 3 rings (SSSR count). The lowest BCUT2D eigenvalue weighted by atomic mass is 10.2. The van der Waals surface area contributed by atoms with Crippen LogP contribution in [0.25, 0.3) is 0 Å². The Kier molecular flexibility index (Phi) is 3.85. The first-order valence-corrected chi connectivity index (χ1v) is 8.38. The molecule has 0 unspecified atom stereocenters. The van der Waals surface area contributed by atoms with E-state index in [1.807, 2.05) is 0 Å². The summed E-state index contributed by atoms with van der Waals surface area (Å²) in [6.07, 6.45) is 7.86. The average molecular weight is 278 g/mol. The minimum atomic E-state index is -0.395. The lowest BCUT2D eigenvalue weighted by Crippen LogP contribution is -2.17. The van der Waals surface area contributed by atoms with Gasteiger partial charge in [-0.1, -0.05) is 66.8 Å². The Morgan fingerprint density at radius 2 is 1.35 bits per heavy atom. The van der Waals surface area contributed by atoms with E-state index in [0.29, 0.717) is 0 Å². The van der Waals surface area contributed by atoms with E-state index >= 15 is 0 Å². The fourth-order valence-corrected chi connectivity index (χ4v) is 5.40. The maximum atomic E-state index is 2.31. The van der Waals surface area contributed by atoms with E-state index in [1.165, 1.54) is 21.7 Å². The predicted octanol–water partition coefficient (Wildman–Crippen LogP) is 4.58. The summed E-state index contributed by atoms with van der Waals surface area (Å²) in [7, 11) is -0.395. The van der Waals surface area contributed by atoms with Crippen molar-refractivity contribution in [2.45, 2.75) is 20.3 Å². The SMILES string of the molecule is Cc1ccccc1P(C1=CC=CC1)c1ccccc1C. The first-order valence-electron chi connectivity index (χ1n) is 7.04. The first kappa shape index (κ1) is 13.3. The highest BCUT2D eigenvalue weighted by molar-refractivity contribution is 7.77. The predicted molar refractivity (Wildman–Crippen MR) is 90.4 cm³/mol. The van der Waals surface area contributed by atoms with Crippen LogP contribution in [0, 0.1) is 13.8 Å². The number of hydrogen-bond acceptors (Lipinski definition) is 0. The largest absolute Gasteiger partial charge is 0.0801 e. The molecule has 1 aliphatic carbocycles. The monoisotopic (exact) mass is 278 g/mol. The maximum absolute atomic E-state index is 2.31. The topological polar surface area (TPSA) is 0 Å². The summed E-state index contributed by atoms with van der Waals surface area (Å²) in [5.74, 6) is 0. The highest BCUT2D eigenvalue weighted by Gasteiger charge is 2.21. The molecule has 0 amide bonds. The molecule has 1 heteroatoms. The standard InChI is InChI=1S/C19H19P/c1-15-9-3-7-13-18(15)20(17-11-5-6-12-17)19-14-8-4-10-16(19)2/h3-11,13-14H,12H2,1-2H3. The van der Waals surface area contributed by atoms with Crippen molar-refractivity contribution in [1.29, 1.82) is 0 Å². The van der Waals surface area contributed by atoms with Gasteiger partial charge in [0, 0.05) is 0 Å². The summed E-state index contributed by atoms with van der Waals surface area (Å²) >= 11 is 0. The summed E-state index contributed by atoms with van der Waals surface area (Å²) < 4.78 is 0. The van der Waals surface area contributed by atoms with Crippen molar-refractivity contribution in [2.75, 3.05) is 0 Å². The van der Waals surface area contributed by atoms with Crippen molar-refractivity contribution in [3.05, 3.63) is 83.2 Å². The van der Waals surface area contributed by atoms with Gasteiger partial charge >= 0.3 is 0 Å². The highest BCUT2D eigenvalue weighted by atomic mass is 31.1. The molecule has 20 heavy (non-hydrogen) atoms. The van der Waals surface area contributed by atoms with Crippen LogP contribution in [0.15, 0.2) is 72.1 Å². The molecule has 2 aromatic carbocycles. The molecule has 0 heterocycles. The average Bonchev–Trinajstić information content (AvgIpc) is 2.97. The van der Waals surface area contributed by atoms with E-state index < -0.39 is 7.92 Å². The van der Waals surface area contributed by atoms with Gasteiger partial charge in [0.2, 0.25) is 0 Å². The molecule has 0 aliphatic heterocycles. The van der Waals surface area contributed by atoms with Crippen LogP contribution in [-0.2, 0) is 0 Å². The van der Waals surface area contributed by atoms with Crippen molar-refractivity contribution in [1.82, 2.24) is 0 Å². The van der Waals surface area contributed by atoms with Gasteiger partial charge in [-0.05, 0) is 55.2 Å². The Morgan fingerprint density at radius 1 is 0.800 bits per heavy atom. The van der Waals surface area contributed by atoms with Gasteiger partial charge in [0.05, 0.1) is 0 Å². The minimum Gasteiger partial charge on any atom is -0.0801 e. The first-order chi connectivity index (χ1) is 9.77. The van der Waals surface area contributed by atoms with Gasteiger partial charge in [0.1, 0.15) is 0 Å². The van der Waals surface area contributed by atoms with Crippen molar-refractivity contribution in [2.24, 2.45) is 0 Å². The van der Waals surface area contributed by atoms with E-state index in [4.69, 9.17) is 0 Å². The van der Waals surface area contributed by atoms with Crippen LogP contribution in [0.4, 0.5) is 0 Å². The summed E-state index contributed by atoms with van der Waals surface area (Å²) in [6.45, 7) is 4.46. The summed E-state index contributed by atoms with van der Waals surface area (Å²) in [4.78, 5) is 0. The highest BCUT2D eigenvalue weighted by Crippen LogP contribution is 2.47. The van der Waals surface area contributed by atoms with Gasteiger partial charge in [-0.2, -0.15) is 0 Å². The van der Waals surface area contributed by atoms with Crippen LogP contribution in [-0.4, -0.2) is 0 Å². The van der Waals surface area contributed by atoms with Crippen molar-refractivity contribution >= 4 is 18.5 Å². The molecule has 0 saturated heterocycles. The number of aryl methyl sites for hydroxylation is 2. The van der Waals surface area contributed by atoms with E-state index in [1.54, 1.807) is 5.31 Å². The normalized spacial score (nSPS) is 13.8. The molecule has 0 nitrogen and oxygen atoms in total. The molecular weight excluding hydrogens is 259 g/mol.